The number of hydrogen-bond acceptors (Lipinski definition) is 3. The summed E-state index contributed by atoms with van der Waals surface area (Å²) in [6.45, 7) is 1.53. The smallest absolute Gasteiger partial charge is 0.354 e. The SMILES string of the molecule is O=C(O)c1c(-c2cc[nH]c2)nc2n1CCCN2. The molecule has 3 heterocycles. The van der Waals surface area contributed by atoms with Crippen molar-refractivity contribution in [1.29, 1.82) is 0 Å². The van der Waals surface area contributed by atoms with Gasteiger partial charge in [-0.2, -0.15) is 0 Å². The molecule has 0 amide bonds. The summed E-state index contributed by atoms with van der Waals surface area (Å²) in [6, 6.07) is 1.82. The van der Waals surface area contributed by atoms with Crippen molar-refractivity contribution in [3.05, 3.63) is 24.2 Å². The predicted molar refractivity (Wildman–Crippen MR) is 62.1 cm³/mol. The summed E-state index contributed by atoms with van der Waals surface area (Å²) in [5.74, 6) is -0.298. The summed E-state index contributed by atoms with van der Waals surface area (Å²) in [5.41, 5.74) is 1.57. The van der Waals surface area contributed by atoms with Crippen LogP contribution in [0.2, 0.25) is 0 Å². The molecule has 0 atom stereocenters. The number of anilines is 1. The van der Waals surface area contributed by atoms with E-state index in [1.165, 1.54) is 0 Å². The van der Waals surface area contributed by atoms with Crippen LogP contribution in [0, 0.1) is 0 Å². The van der Waals surface area contributed by atoms with Crippen LogP contribution in [0.3, 0.4) is 0 Å². The second-order valence-electron chi connectivity index (χ2n) is 3.97. The predicted octanol–water partition coefficient (Wildman–Crippen LogP) is 1.39. The summed E-state index contributed by atoms with van der Waals surface area (Å²) in [5, 5.41) is 12.4. The number of imidazole rings is 1. The Bertz CT molecular complexity index is 556. The van der Waals surface area contributed by atoms with Gasteiger partial charge in [-0.3, -0.25) is 0 Å². The molecule has 0 spiro atoms. The monoisotopic (exact) mass is 232 g/mol. The minimum atomic E-state index is -0.941. The van der Waals surface area contributed by atoms with Gasteiger partial charge in [0, 0.05) is 31.0 Å². The number of rotatable bonds is 2. The van der Waals surface area contributed by atoms with E-state index in [1.54, 1.807) is 17.0 Å². The Morgan fingerprint density at radius 1 is 1.53 bits per heavy atom. The van der Waals surface area contributed by atoms with Crippen molar-refractivity contribution in [2.45, 2.75) is 13.0 Å². The van der Waals surface area contributed by atoms with E-state index in [-0.39, 0.29) is 5.69 Å². The van der Waals surface area contributed by atoms with Gasteiger partial charge in [0.2, 0.25) is 5.95 Å². The molecule has 0 unspecified atom stereocenters. The van der Waals surface area contributed by atoms with Crippen LogP contribution in [0.15, 0.2) is 18.5 Å². The van der Waals surface area contributed by atoms with E-state index in [0.717, 1.165) is 18.5 Å². The van der Waals surface area contributed by atoms with Gasteiger partial charge < -0.3 is 20.0 Å². The van der Waals surface area contributed by atoms with E-state index in [0.29, 0.717) is 18.2 Å². The standard InChI is InChI=1S/C11H12N4O2/c16-10(17)9-8(7-2-4-12-6-7)14-11-13-3-1-5-15(9)11/h2,4,6,12H,1,3,5H2,(H,13,14)(H,16,17). The Hall–Kier alpha value is -2.24. The molecule has 6 heteroatoms. The summed E-state index contributed by atoms with van der Waals surface area (Å²) in [7, 11) is 0. The van der Waals surface area contributed by atoms with Gasteiger partial charge in [-0.15, -0.1) is 0 Å². The van der Waals surface area contributed by atoms with E-state index in [9.17, 15) is 9.90 Å². The molecule has 0 fully saturated rings. The lowest BCUT2D eigenvalue weighted by molar-refractivity contribution is 0.0686. The fourth-order valence-corrected chi connectivity index (χ4v) is 2.13. The molecule has 0 aliphatic carbocycles. The van der Waals surface area contributed by atoms with Gasteiger partial charge in [-0.25, -0.2) is 9.78 Å². The molecule has 3 N–H and O–H groups in total. The maximum absolute atomic E-state index is 11.4. The zero-order chi connectivity index (χ0) is 11.8. The summed E-state index contributed by atoms with van der Waals surface area (Å²) in [6.07, 6.45) is 4.42. The highest BCUT2D eigenvalue weighted by molar-refractivity contribution is 5.94. The third-order valence-corrected chi connectivity index (χ3v) is 2.88. The molecular weight excluding hydrogens is 220 g/mol. The second kappa shape index (κ2) is 3.65. The first-order chi connectivity index (χ1) is 8.27. The van der Waals surface area contributed by atoms with Gasteiger partial charge in [-0.1, -0.05) is 0 Å². The number of hydrogen-bond donors (Lipinski definition) is 3. The topological polar surface area (TPSA) is 82.9 Å². The first kappa shape index (κ1) is 9.95. The Morgan fingerprint density at radius 3 is 3.12 bits per heavy atom. The van der Waals surface area contributed by atoms with E-state index >= 15 is 0 Å². The lowest BCUT2D eigenvalue weighted by atomic mass is 10.2. The molecule has 6 nitrogen and oxygen atoms in total. The van der Waals surface area contributed by atoms with Crippen LogP contribution in [0.4, 0.5) is 5.95 Å². The number of aromatic carboxylic acids is 1. The zero-order valence-electron chi connectivity index (χ0n) is 9.10. The number of aromatic amines is 1. The number of aromatic nitrogens is 3. The first-order valence-electron chi connectivity index (χ1n) is 5.48. The number of carboxylic acid groups (broad SMARTS) is 1. The van der Waals surface area contributed by atoms with Gasteiger partial charge in [0.1, 0.15) is 5.69 Å². The van der Waals surface area contributed by atoms with E-state index in [2.05, 4.69) is 15.3 Å². The van der Waals surface area contributed by atoms with Gasteiger partial charge in [0.05, 0.1) is 0 Å². The molecule has 17 heavy (non-hydrogen) atoms. The van der Waals surface area contributed by atoms with Gasteiger partial charge in [0.15, 0.2) is 5.69 Å². The minimum Gasteiger partial charge on any atom is -0.477 e. The summed E-state index contributed by atoms with van der Waals surface area (Å²) in [4.78, 5) is 18.6. The van der Waals surface area contributed by atoms with Crippen LogP contribution in [-0.4, -0.2) is 32.2 Å². The number of nitrogens with zero attached hydrogens (tertiary/aromatic N) is 2. The molecule has 0 saturated carbocycles. The third kappa shape index (κ3) is 1.49. The van der Waals surface area contributed by atoms with Crippen LogP contribution in [0.25, 0.3) is 11.3 Å². The van der Waals surface area contributed by atoms with Gasteiger partial charge in [0.25, 0.3) is 0 Å². The van der Waals surface area contributed by atoms with E-state index in [1.807, 2.05) is 6.07 Å². The molecule has 2 aromatic rings. The van der Waals surface area contributed by atoms with Crippen molar-refractivity contribution in [3.8, 4) is 11.3 Å². The Morgan fingerprint density at radius 2 is 2.41 bits per heavy atom. The highest BCUT2D eigenvalue weighted by Crippen LogP contribution is 2.28. The van der Waals surface area contributed by atoms with E-state index < -0.39 is 5.97 Å². The quantitative estimate of drug-likeness (QED) is 0.730. The van der Waals surface area contributed by atoms with Crippen LogP contribution in [0.1, 0.15) is 16.9 Å². The fraction of sp³-hybridized carbons (Fsp3) is 0.273. The third-order valence-electron chi connectivity index (χ3n) is 2.88. The maximum atomic E-state index is 11.4. The first-order valence-corrected chi connectivity index (χ1v) is 5.48. The summed E-state index contributed by atoms with van der Waals surface area (Å²) < 4.78 is 1.73. The normalized spacial score (nSPS) is 14.1. The number of carboxylic acids is 1. The highest BCUT2D eigenvalue weighted by Gasteiger charge is 2.25. The average Bonchev–Trinajstić information content (AvgIpc) is 2.95. The molecule has 1 aliphatic rings. The molecular formula is C11H12N4O2. The Labute approximate surface area is 97.3 Å². The Balaban J connectivity index is 2.21. The largest absolute Gasteiger partial charge is 0.477 e. The second-order valence-corrected chi connectivity index (χ2v) is 3.97. The van der Waals surface area contributed by atoms with Crippen molar-refractivity contribution >= 4 is 11.9 Å². The zero-order valence-corrected chi connectivity index (χ0v) is 9.10. The van der Waals surface area contributed by atoms with Crippen LogP contribution < -0.4 is 5.32 Å². The number of carbonyl (C=O) groups is 1. The van der Waals surface area contributed by atoms with Crippen LogP contribution >= 0.6 is 0 Å². The minimum absolute atomic E-state index is 0.256. The molecule has 2 aromatic heterocycles. The lowest BCUT2D eigenvalue weighted by Crippen LogP contribution is -2.20. The molecule has 1 aliphatic heterocycles. The van der Waals surface area contributed by atoms with Crippen LogP contribution in [-0.2, 0) is 6.54 Å². The molecule has 0 bridgehead atoms. The Kier molecular flexibility index (Phi) is 2.14. The fourth-order valence-electron chi connectivity index (χ4n) is 2.13. The van der Waals surface area contributed by atoms with Crippen molar-refractivity contribution in [2.24, 2.45) is 0 Å². The van der Waals surface area contributed by atoms with E-state index in [4.69, 9.17) is 0 Å². The molecule has 3 rings (SSSR count). The molecule has 0 aromatic carbocycles. The number of nitrogens with one attached hydrogen (secondary N) is 2. The summed E-state index contributed by atoms with van der Waals surface area (Å²) >= 11 is 0. The molecule has 0 radical (unpaired) electrons. The maximum Gasteiger partial charge on any atom is 0.354 e. The van der Waals surface area contributed by atoms with Crippen molar-refractivity contribution < 1.29 is 9.90 Å². The van der Waals surface area contributed by atoms with Crippen molar-refractivity contribution in [1.82, 2.24) is 14.5 Å². The van der Waals surface area contributed by atoms with Gasteiger partial charge >= 0.3 is 5.97 Å². The number of H-pyrrole nitrogens is 1. The van der Waals surface area contributed by atoms with Crippen molar-refractivity contribution in [3.63, 3.8) is 0 Å². The van der Waals surface area contributed by atoms with Crippen LogP contribution in [0.5, 0.6) is 0 Å². The highest BCUT2D eigenvalue weighted by atomic mass is 16.4. The van der Waals surface area contributed by atoms with Crippen molar-refractivity contribution in [2.75, 3.05) is 11.9 Å². The molecule has 0 saturated heterocycles. The molecule has 88 valence electrons. The van der Waals surface area contributed by atoms with Gasteiger partial charge in [-0.05, 0) is 12.5 Å². The number of fused-ring (bicyclic) bond motifs is 1. The lowest BCUT2D eigenvalue weighted by Gasteiger charge is -2.16. The average molecular weight is 232 g/mol.